The van der Waals surface area contributed by atoms with Crippen molar-refractivity contribution in [3.8, 4) is 0 Å². The van der Waals surface area contributed by atoms with Gasteiger partial charge in [-0.3, -0.25) is 4.79 Å². The van der Waals surface area contributed by atoms with Gasteiger partial charge in [-0.05, 0) is 57.4 Å². The van der Waals surface area contributed by atoms with Crippen molar-refractivity contribution < 1.29 is 4.79 Å². The number of amides is 1. The zero-order valence-electron chi connectivity index (χ0n) is 15.6. The molecule has 0 aliphatic carbocycles. The molecule has 1 aromatic heterocycles. The van der Waals surface area contributed by atoms with E-state index in [1.165, 1.54) is 0 Å². The standard InChI is InChI=1S/C20H22ClN5O/c1-13(25(2)3)12-26(15-10-8-14(21)9-11-15)20-18(19(22)27)23-16-6-4-5-7-17(16)24-20/h4-11,13H,12H2,1-3H3,(H2,22,27). The average molecular weight is 384 g/mol. The number of carbonyl (C=O) groups excluding carboxylic acids is 1. The maximum Gasteiger partial charge on any atom is 0.271 e. The molecule has 3 rings (SSSR count). The molecule has 7 heteroatoms. The van der Waals surface area contributed by atoms with E-state index in [0.717, 1.165) is 5.69 Å². The Morgan fingerprint density at radius 2 is 1.67 bits per heavy atom. The molecular weight excluding hydrogens is 362 g/mol. The number of halogens is 1. The second-order valence-electron chi connectivity index (χ2n) is 6.65. The number of nitrogens with zero attached hydrogens (tertiary/aromatic N) is 4. The lowest BCUT2D eigenvalue weighted by Gasteiger charge is -2.31. The van der Waals surface area contributed by atoms with Gasteiger partial charge in [-0.2, -0.15) is 0 Å². The summed E-state index contributed by atoms with van der Waals surface area (Å²) < 4.78 is 0. The van der Waals surface area contributed by atoms with E-state index in [0.29, 0.717) is 28.4 Å². The van der Waals surface area contributed by atoms with Crippen molar-refractivity contribution in [1.82, 2.24) is 14.9 Å². The Morgan fingerprint density at radius 1 is 1.07 bits per heavy atom. The van der Waals surface area contributed by atoms with Crippen LogP contribution in [0.2, 0.25) is 5.02 Å². The lowest BCUT2D eigenvalue weighted by molar-refractivity contribution is 0.0996. The molecule has 0 saturated carbocycles. The van der Waals surface area contributed by atoms with Crippen LogP contribution in [0.5, 0.6) is 0 Å². The minimum atomic E-state index is -0.611. The first-order valence-corrected chi connectivity index (χ1v) is 9.00. The second kappa shape index (κ2) is 7.90. The number of benzene rings is 2. The SMILES string of the molecule is CC(CN(c1ccc(Cl)cc1)c1nc2ccccc2nc1C(N)=O)N(C)C. The number of fused-ring (bicyclic) bond motifs is 1. The number of para-hydroxylation sites is 2. The molecule has 0 saturated heterocycles. The fourth-order valence-electron chi connectivity index (χ4n) is 2.71. The van der Waals surface area contributed by atoms with E-state index < -0.39 is 5.91 Å². The molecule has 0 aliphatic rings. The van der Waals surface area contributed by atoms with Crippen LogP contribution in [0.1, 0.15) is 17.4 Å². The molecule has 27 heavy (non-hydrogen) atoms. The Kier molecular flexibility index (Phi) is 5.58. The highest BCUT2D eigenvalue weighted by Gasteiger charge is 2.23. The molecule has 2 N–H and O–H groups in total. The molecule has 0 spiro atoms. The van der Waals surface area contributed by atoms with Gasteiger partial charge in [0, 0.05) is 23.3 Å². The molecule has 0 radical (unpaired) electrons. The first kappa shape index (κ1) is 19.1. The first-order chi connectivity index (χ1) is 12.9. The van der Waals surface area contributed by atoms with Crippen LogP contribution >= 0.6 is 11.6 Å². The molecule has 1 heterocycles. The highest BCUT2D eigenvalue weighted by atomic mass is 35.5. The Balaban J connectivity index is 2.19. The second-order valence-corrected chi connectivity index (χ2v) is 7.08. The number of primary amides is 1. The van der Waals surface area contributed by atoms with Gasteiger partial charge in [-0.1, -0.05) is 23.7 Å². The number of carbonyl (C=O) groups is 1. The van der Waals surface area contributed by atoms with Crippen molar-refractivity contribution in [2.24, 2.45) is 5.73 Å². The number of hydrogen-bond acceptors (Lipinski definition) is 5. The van der Waals surface area contributed by atoms with E-state index in [2.05, 4.69) is 16.8 Å². The fraction of sp³-hybridized carbons (Fsp3) is 0.250. The van der Waals surface area contributed by atoms with Crippen molar-refractivity contribution in [2.75, 3.05) is 25.5 Å². The summed E-state index contributed by atoms with van der Waals surface area (Å²) in [5.74, 6) is -0.169. The number of aromatic nitrogens is 2. The minimum Gasteiger partial charge on any atom is -0.364 e. The van der Waals surface area contributed by atoms with Crippen LogP contribution in [0.4, 0.5) is 11.5 Å². The van der Waals surface area contributed by atoms with E-state index in [1.807, 2.05) is 67.5 Å². The van der Waals surface area contributed by atoms with Crippen molar-refractivity contribution in [2.45, 2.75) is 13.0 Å². The van der Waals surface area contributed by atoms with E-state index in [-0.39, 0.29) is 11.7 Å². The van der Waals surface area contributed by atoms with Crippen molar-refractivity contribution in [1.29, 1.82) is 0 Å². The summed E-state index contributed by atoms with van der Waals surface area (Å²) in [6, 6.07) is 15.0. The van der Waals surface area contributed by atoms with Crippen LogP contribution in [0.3, 0.4) is 0 Å². The number of rotatable bonds is 6. The van der Waals surface area contributed by atoms with Gasteiger partial charge in [-0.15, -0.1) is 0 Å². The normalized spacial score (nSPS) is 12.3. The van der Waals surface area contributed by atoms with Crippen LogP contribution < -0.4 is 10.6 Å². The molecule has 1 atom stereocenters. The smallest absolute Gasteiger partial charge is 0.271 e. The lowest BCUT2D eigenvalue weighted by atomic mass is 10.2. The predicted octanol–water partition coefficient (Wildman–Crippen LogP) is 3.47. The van der Waals surface area contributed by atoms with Gasteiger partial charge in [0.05, 0.1) is 11.0 Å². The molecule has 3 aromatic rings. The average Bonchev–Trinajstić information content (AvgIpc) is 2.65. The van der Waals surface area contributed by atoms with Crippen LogP contribution in [0.25, 0.3) is 11.0 Å². The largest absolute Gasteiger partial charge is 0.364 e. The summed E-state index contributed by atoms with van der Waals surface area (Å²) in [6.07, 6.45) is 0. The van der Waals surface area contributed by atoms with E-state index in [9.17, 15) is 4.79 Å². The topological polar surface area (TPSA) is 75.4 Å². The highest BCUT2D eigenvalue weighted by Crippen LogP contribution is 2.29. The fourth-order valence-corrected chi connectivity index (χ4v) is 2.83. The molecule has 2 aromatic carbocycles. The van der Waals surface area contributed by atoms with Gasteiger partial charge in [0.25, 0.3) is 5.91 Å². The third kappa shape index (κ3) is 4.18. The van der Waals surface area contributed by atoms with Gasteiger partial charge in [0.15, 0.2) is 11.5 Å². The van der Waals surface area contributed by atoms with Gasteiger partial charge in [0.1, 0.15) is 0 Å². The van der Waals surface area contributed by atoms with Crippen LogP contribution in [-0.2, 0) is 0 Å². The monoisotopic (exact) mass is 383 g/mol. The zero-order chi connectivity index (χ0) is 19.6. The summed E-state index contributed by atoms with van der Waals surface area (Å²) in [7, 11) is 4.01. The molecule has 6 nitrogen and oxygen atoms in total. The summed E-state index contributed by atoms with van der Waals surface area (Å²) in [6.45, 7) is 2.70. The molecule has 1 amide bonds. The van der Waals surface area contributed by atoms with Crippen molar-refractivity contribution in [3.05, 3.63) is 59.2 Å². The molecule has 0 bridgehead atoms. The number of hydrogen-bond donors (Lipinski definition) is 1. The molecular formula is C20H22ClN5O. The van der Waals surface area contributed by atoms with E-state index in [1.54, 1.807) is 0 Å². The summed E-state index contributed by atoms with van der Waals surface area (Å²) in [4.78, 5) is 25.4. The Morgan fingerprint density at radius 3 is 2.22 bits per heavy atom. The maximum atomic E-state index is 12.1. The predicted molar refractivity (Wildman–Crippen MR) is 110 cm³/mol. The third-order valence-corrected chi connectivity index (χ3v) is 4.76. The van der Waals surface area contributed by atoms with Crippen molar-refractivity contribution >= 4 is 40.0 Å². The van der Waals surface area contributed by atoms with E-state index in [4.69, 9.17) is 22.3 Å². The number of likely N-dealkylation sites (N-methyl/N-ethyl adjacent to an activating group) is 1. The van der Waals surface area contributed by atoms with Gasteiger partial charge in [-0.25, -0.2) is 9.97 Å². The van der Waals surface area contributed by atoms with Gasteiger partial charge >= 0.3 is 0 Å². The van der Waals surface area contributed by atoms with Crippen LogP contribution in [0.15, 0.2) is 48.5 Å². The first-order valence-electron chi connectivity index (χ1n) is 8.63. The minimum absolute atomic E-state index is 0.148. The van der Waals surface area contributed by atoms with E-state index >= 15 is 0 Å². The van der Waals surface area contributed by atoms with Crippen LogP contribution in [0, 0.1) is 0 Å². The number of anilines is 2. The lowest BCUT2D eigenvalue weighted by Crippen LogP contribution is -2.37. The van der Waals surface area contributed by atoms with Gasteiger partial charge in [0.2, 0.25) is 0 Å². The Labute approximate surface area is 163 Å². The molecule has 0 aliphatic heterocycles. The maximum absolute atomic E-state index is 12.1. The summed E-state index contributed by atoms with van der Waals surface area (Å²) in [5, 5.41) is 0.638. The molecule has 1 unspecified atom stereocenters. The summed E-state index contributed by atoms with van der Waals surface area (Å²) >= 11 is 6.05. The Hall–Kier alpha value is -2.70. The summed E-state index contributed by atoms with van der Waals surface area (Å²) in [5.41, 5.74) is 7.98. The van der Waals surface area contributed by atoms with Gasteiger partial charge < -0.3 is 15.5 Å². The third-order valence-electron chi connectivity index (χ3n) is 4.51. The zero-order valence-corrected chi connectivity index (χ0v) is 16.3. The molecule has 140 valence electrons. The molecule has 0 fully saturated rings. The highest BCUT2D eigenvalue weighted by molar-refractivity contribution is 6.30. The quantitative estimate of drug-likeness (QED) is 0.705. The van der Waals surface area contributed by atoms with Crippen LogP contribution in [-0.4, -0.2) is 47.5 Å². The Bertz CT molecular complexity index is 958. The van der Waals surface area contributed by atoms with Crippen molar-refractivity contribution in [3.63, 3.8) is 0 Å². The number of nitrogens with two attached hydrogens (primary N) is 1.